The van der Waals surface area contributed by atoms with Gasteiger partial charge in [-0.25, -0.2) is 8.78 Å². The summed E-state index contributed by atoms with van der Waals surface area (Å²) >= 11 is 0. The predicted molar refractivity (Wildman–Crippen MR) is 123 cm³/mol. The van der Waals surface area contributed by atoms with Crippen LogP contribution >= 0.6 is 0 Å². The minimum Gasteiger partial charge on any atom is -0.355 e. The van der Waals surface area contributed by atoms with Crippen molar-refractivity contribution in [3.63, 3.8) is 0 Å². The average molecular weight is 475 g/mol. The normalized spacial score (nSPS) is 25.3. The third-order valence-corrected chi connectivity index (χ3v) is 7.17. The van der Waals surface area contributed by atoms with Crippen LogP contribution in [0, 0.1) is 23.5 Å². The molecule has 7 nitrogen and oxygen atoms in total. The second-order valence-corrected chi connectivity index (χ2v) is 9.64. The molecule has 2 aliphatic rings. The Morgan fingerprint density at radius 1 is 1.24 bits per heavy atom. The highest BCUT2D eigenvalue weighted by Gasteiger charge is 2.40. The Morgan fingerprint density at radius 2 is 2.03 bits per heavy atom. The van der Waals surface area contributed by atoms with Gasteiger partial charge >= 0.3 is 0 Å². The van der Waals surface area contributed by atoms with E-state index in [2.05, 4.69) is 22.3 Å². The Bertz CT molecular complexity index is 1040. The lowest BCUT2D eigenvalue weighted by atomic mass is 9.92. The zero-order valence-corrected chi connectivity index (χ0v) is 19.9. The molecule has 1 aromatic heterocycles. The van der Waals surface area contributed by atoms with E-state index in [1.807, 2.05) is 0 Å². The van der Waals surface area contributed by atoms with Crippen molar-refractivity contribution in [2.75, 3.05) is 27.2 Å². The summed E-state index contributed by atoms with van der Waals surface area (Å²) in [6.07, 6.45) is 4.57. The fraction of sp³-hybridized carbons (Fsp3) is 0.560. The van der Waals surface area contributed by atoms with Crippen LogP contribution in [0.2, 0.25) is 0 Å². The maximum Gasteiger partial charge on any atom is 0.273 e. The molecule has 0 spiro atoms. The third kappa shape index (κ3) is 5.14. The van der Waals surface area contributed by atoms with Crippen LogP contribution in [0.15, 0.2) is 28.8 Å². The summed E-state index contributed by atoms with van der Waals surface area (Å²) in [4.78, 5) is 29.4. The fourth-order valence-electron chi connectivity index (χ4n) is 5.44. The van der Waals surface area contributed by atoms with Gasteiger partial charge < -0.3 is 14.7 Å². The zero-order chi connectivity index (χ0) is 24.4. The van der Waals surface area contributed by atoms with Crippen LogP contribution in [0.4, 0.5) is 8.78 Å². The molecule has 1 saturated carbocycles. The number of likely N-dealkylation sites (tertiary alicyclic amines) is 1. The molecule has 2 amide bonds. The summed E-state index contributed by atoms with van der Waals surface area (Å²) in [5.41, 5.74) is 0.108. The van der Waals surface area contributed by atoms with Crippen molar-refractivity contribution in [2.45, 2.75) is 51.1 Å². The van der Waals surface area contributed by atoms with Gasteiger partial charge in [-0.05, 0) is 50.3 Å². The Kier molecular flexibility index (Phi) is 7.30. The number of nitrogens with zero attached hydrogens (tertiary/aromatic N) is 3. The first-order chi connectivity index (χ1) is 16.3. The van der Waals surface area contributed by atoms with Gasteiger partial charge in [0.2, 0.25) is 5.91 Å². The molecule has 0 radical (unpaired) electrons. The van der Waals surface area contributed by atoms with Gasteiger partial charge in [-0.1, -0.05) is 18.5 Å². The number of hydrogen-bond donors (Lipinski definition) is 1. The molecule has 1 aliphatic carbocycles. The maximum atomic E-state index is 14.0. The molecule has 34 heavy (non-hydrogen) atoms. The number of hydrogen-bond acceptors (Lipinski definition) is 5. The second kappa shape index (κ2) is 10.2. The van der Waals surface area contributed by atoms with Crippen molar-refractivity contribution in [3.05, 3.63) is 41.6 Å². The molecule has 184 valence electrons. The first-order valence-electron chi connectivity index (χ1n) is 11.9. The van der Waals surface area contributed by atoms with E-state index in [1.165, 1.54) is 12.1 Å². The van der Waals surface area contributed by atoms with Crippen molar-refractivity contribution >= 4 is 11.8 Å². The Morgan fingerprint density at radius 3 is 2.74 bits per heavy atom. The molecule has 1 N–H and O–H groups in total. The molecule has 1 aromatic carbocycles. The maximum absolute atomic E-state index is 14.0. The van der Waals surface area contributed by atoms with Gasteiger partial charge in [-0.3, -0.25) is 14.5 Å². The summed E-state index contributed by atoms with van der Waals surface area (Å²) in [6.45, 7) is 3.89. The second-order valence-electron chi connectivity index (χ2n) is 9.64. The largest absolute Gasteiger partial charge is 0.355 e. The first-order valence-corrected chi connectivity index (χ1v) is 11.9. The molecule has 0 bridgehead atoms. The van der Waals surface area contributed by atoms with Crippen molar-refractivity contribution < 1.29 is 22.9 Å². The van der Waals surface area contributed by atoms with E-state index in [4.69, 9.17) is 4.52 Å². The third-order valence-electron chi connectivity index (χ3n) is 7.17. The Labute approximate surface area is 198 Å². The first kappa shape index (κ1) is 24.3. The van der Waals surface area contributed by atoms with Crippen LogP contribution in [-0.4, -0.2) is 66.0 Å². The molecule has 2 heterocycles. The van der Waals surface area contributed by atoms with Crippen molar-refractivity contribution in [3.8, 4) is 11.3 Å². The highest BCUT2D eigenvalue weighted by atomic mass is 19.1. The number of carbonyl (C=O) groups is 2. The Balaban J connectivity index is 1.40. The van der Waals surface area contributed by atoms with Gasteiger partial charge in [0.25, 0.3) is 5.91 Å². The Hall–Kier alpha value is -2.81. The summed E-state index contributed by atoms with van der Waals surface area (Å²) in [5, 5.41) is 6.84. The lowest BCUT2D eigenvalue weighted by Crippen LogP contribution is -2.48. The molecule has 2 aromatic rings. The lowest BCUT2D eigenvalue weighted by Gasteiger charge is -2.39. The highest BCUT2D eigenvalue weighted by Crippen LogP contribution is 2.35. The smallest absolute Gasteiger partial charge is 0.273 e. The van der Waals surface area contributed by atoms with E-state index in [0.29, 0.717) is 12.0 Å². The zero-order valence-electron chi connectivity index (χ0n) is 19.9. The van der Waals surface area contributed by atoms with E-state index in [0.717, 1.165) is 57.3 Å². The molecule has 1 aliphatic heterocycles. The summed E-state index contributed by atoms with van der Waals surface area (Å²) in [7, 11) is 3.61. The van der Waals surface area contributed by atoms with Crippen LogP contribution < -0.4 is 5.32 Å². The van der Waals surface area contributed by atoms with E-state index in [9.17, 15) is 18.4 Å². The lowest BCUT2D eigenvalue weighted by molar-refractivity contribution is -0.135. The van der Waals surface area contributed by atoms with Crippen LogP contribution in [0.3, 0.4) is 0 Å². The molecule has 2 fully saturated rings. The average Bonchev–Trinajstić information content (AvgIpc) is 3.46. The van der Waals surface area contributed by atoms with Crippen molar-refractivity contribution in [1.29, 1.82) is 0 Å². The van der Waals surface area contributed by atoms with E-state index in [1.54, 1.807) is 19.0 Å². The monoisotopic (exact) mass is 474 g/mol. The molecule has 9 heteroatoms. The van der Waals surface area contributed by atoms with Crippen molar-refractivity contribution in [2.24, 2.45) is 11.8 Å². The number of amides is 2. The number of nitrogens with one attached hydrogen (secondary N) is 1. The quantitative estimate of drug-likeness (QED) is 0.691. The highest BCUT2D eigenvalue weighted by molar-refractivity contribution is 5.93. The van der Waals surface area contributed by atoms with Crippen LogP contribution in [0.25, 0.3) is 11.3 Å². The van der Waals surface area contributed by atoms with Gasteiger partial charge in [0.15, 0.2) is 11.5 Å². The topological polar surface area (TPSA) is 78.7 Å². The molecule has 1 unspecified atom stereocenters. The van der Waals surface area contributed by atoms with Gasteiger partial charge in [0.1, 0.15) is 11.6 Å². The fourth-order valence-corrected chi connectivity index (χ4v) is 5.44. The molecule has 1 saturated heterocycles. The van der Waals surface area contributed by atoms with Crippen LogP contribution in [-0.2, 0) is 4.79 Å². The number of halogens is 2. The number of carbonyl (C=O) groups excluding carboxylic acids is 2. The van der Waals surface area contributed by atoms with Gasteiger partial charge in [0, 0.05) is 44.9 Å². The van der Waals surface area contributed by atoms with E-state index in [-0.39, 0.29) is 40.8 Å². The summed E-state index contributed by atoms with van der Waals surface area (Å²) in [5.74, 6) is -1.14. The minimum absolute atomic E-state index is 0.0184. The summed E-state index contributed by atoms with van der Waals surface area (Å²) < 4.78 is 32.4. The molecule has 4 rings (SSSR count). The standard InChI is InChI=1S/C25H32F2N4O3/c1-4-15-10-18(12-22(15)31-9-5-6-16(14-31)25(33)30(2)3)28-24(32)21-13-23(34-29-21)19-8-7-17(26)11-20(19)27/h7-8,11,13,15-16,18,22H,4-6,9-10,12,14H2,1-3H3,(H,28,32)/t15-,16?,18+,22+/m1/s1. The number of aromatic nitrogens is 1. The summed E-state index contributed by atoms with van der Waals surface area (Å²) in [6, 6.07) is 4.81. The minimum atomic E-state index is -0.778. The molecular weight excluding hydrogens is 442 g/mol. The van der Waals surface area contributed by atoms with Gasteiger partial charge in [-0.15, -0.1) is 0 Å². The van der Waals surface area contributed by atoms with Crippen LogP contribution in [0.5, 0.6) is 0 Å². The van der Waals surface area contributed by atoms with Crippen molar-refractivity contribution in [1.82, 2.24) is 20.3 Å². The van der Waals surface area contributed by atoms with E-state index >= 15 is 0 Å². The van der Waals surface area contributed by atoms with E-state index < -0.39 is 11.6 Å². The molecule has 4 atom stereocenters. The van der Waals surface area contributed by atoms with Gasteiger partial charge in [-0.2, -0.15) is 0 Å². The number of benzene rings is 1. The predicted octanol–water partition coefficient (Wildman–Crippen LogP) is 3.71. The molecular formula is C25H32F2N4O3. The number of rotatable bonds is 6. The number of piperidine rings is 1. The van der Waals surface area contributed by atoms with Gasteiger partial charge in [0.05, 0.1) is 11.5 Å². The SMILES string of the molecule is CC[C@@H]1C[C@H](NC(=O)c2cc(-c3ccc(F)cc3F)on2)C[C@@H]1N1CCCC(C(=O)N(C)C)C1. The van der Waals surface area contributed by atoms with Crippen LogP contribution in [0.1, 0.15) is 49.5 Å².